The molecule has 1 aromatic carbocycles. The summed E-state index contributed by atoms with van der Waals surface area (Å²) < 4.78 is 1.72. The minimum atomic E-state index is 0.552. The zero-order valence-electron chi connectivity index (χ0n) is 10.5. The van der Waals surface area contributed by atoms with Gasteiger partial charge in [-0.3, -0.25) is 4.98 Å². The fourth-order valence-corrected chi connectivity index (χ4v) is 1.88. The molecule has 6 heteroatoms. The normalized spacial score (nSPS) is 10.2. The van der Waals surface area contributed by atoms with Crippen LogP contribution >= 0.6 is 0 Å². The van der Waals surface area contributed by atoms with Gasteiger partial charge >= 0.3 is 0 Å². The van der Waals surface area contributed by atoms with Gasteiger partial charge in [-0.25, -0.2) is 4.68 Å². The van der Waals surface area contributed by atoms with Gasteiger partial charge in [-0.15, -0.1) is 5.10 Å². The molecule has 20 heavy (non-hydrogen) atoms. The van der Waals surface area contributed by atoms with E-state index < -0.39 is 0 Å². The second kappa shape index (κ2) is 5.28. The van der Waals surface area contributed by atoms with E-state index in [-0.39, 0.29) is 0 Å². The van der Waals surface area contributed by atoms with Crippen molar-refractivity contribution in [3.63, 3.8) is 0 Å². The molecule has 0 bridgehead atoms. The van der Waals surface area contributed by atoms with Crippen LogP contribution in [-0.4, -0.2) is 25.2 Å². The Balaban J connectivity index is 1.89. The quantitative estimate of drug-likeness (QED) is 0.717. The van der Waals surface area contributed by atoms with Gasteiger partial charge in [-0.05, 0) is 40.3 Å². The van der Waals surface area contributed by atoms with Crippen LogP contribution in [0.3, 0.4) is 0 Å². The highest BCUT2D eigenvalue weighted by atomic mass is 15.5. The van der Waals surface area contributed by atoms with Crippen LogP contribution in [0, 0.1) is 11.3 Å². The summed E-state index contributed by atoms with van der Waals surface area (Å²) in [5.74, 6) is 0.691. The Morgan fingerprint density at radius 3 is 2.50 bits per heavy atom. The van der Waals surface area contributed by atoms with E-state index in [9.17, 15) is 0 Å². The van der Waals surface area contributed by atoms with Gasteiger partial charge < -0.3 is 0 Å². The van der Waals surface area contributed by atoms with E-state index in [1.54, 1.807) is 29.2 Å². The molecule has 0 radical (unpaired) electrons. The Kier molecular flexibility index (Phi) is 3.17. The monoisotopic (exact) mass is 262 g/mol. The molecular formula is C14H10N6. The van der Waals surface area contributed by atoms with Crippen molar-refractivity contribution in [3.05, 3.63) is 59.9 Å². The molecule has 0 N–H and O–H groups in total. The van der Waals surface area contributed by atoms with Crippen molar-refractivity contribution in [1.82, 2.24) is 25.2 Å². The average molecular weight is 262 g/mol. The highest BCUT2D eigenvalue weighted by Gasteiger charge is 2.08. The van der Waals surface area contributed by atoms with Gasteiger partial charge in [0, 0.05) is 18.0 Å². The fourth-order valence-electron chi connectivity index (χ4n) is 1.88. The largest absolute Gasteiger partial charge is 0.265 e. The molecule has 0 aliphatic carbocycles. The maximum Gasteiger partial charge on any atom is 0.182 e. The Labute approximate surface area is 115 Å². The second-order valence-corrected chi connectivity index (χ2v) is 4.20. The molecule has 0 saturated carbocycles. The van der Waals surface area contributed by atoms with Crippen LogP contribution in [0.2, 0.25) is 0 Å². The Hall–Kier alpha value is -3.07. The summed E-state index contributed by atoms with van der Waals surface area (Å²) in [7, 11) is 0. The maximum atomic E-state index is 8.78. The van der Waals surface area contributed by atoms with Crippen LogP contribution < -0.4 is 0 Å². The van der Waals surface area contributed by atoms with E-state index in [4.69, 9.17) is 5.26 Å². The van der Waals surface area contributed by atoms with Crippen LogP contribution in [0.4, 0.5) is 0 Å². The number of hydrogen-bond acceptors (Lipinski definition) is 5. The molecule has 0 saturated heterocycles. The van der Waals surface area contributed by atoms with Crippen LogP contribution in [0.1, 0.15) is 11.1 Å². The van der Waals surface area contributed by atoms with Gasteiger partial charge in [0.2, 0.25) is 0 Å². The van der Waals surface area contributed by atoms with E-state index in [0.717, 1.165) is 11.1 Å². The predicted molar refractivity (Wildman–Crippen MR) is 71.3 cm³/mol. The number of nitriles is 1. The summed E-state index contributed by atoms with van der Waals surface area (Å²) in [6.07, 6.45) is 3.41. The molecule has 0 aliphatic rings. The third kappa shape index (κ3) is 2.37. The average Bonchev–Trinajstić information content (AvgIpc) is 2.97. The molecule has 3 aromatic rings. The molecule has 0 amide bonds. The summed E-state index contributed by atoms with van der Waals surface area (Å²) in [4.78, 5) is 3.98. The third-order valence-corrected chi connectivity index (χ3v) is 2.89. The van der Waals surface area contributed by atoms with Crippen LogP contribution in [0.15, 0.2) is 48.8 Å². The van der Waals surface area contributed by atoms with Gasteiger partial charge in [-0.1, -0.05) is 12.1 Å². The number of nitrogens with zero attached hydrogens (tertiary/aromatic N) is 6. The minimum Gasteiger partial charge on any atom is -0.265 e. The first-order chi connectivity index (χ1) is 9.86. The first kappa shape index (κ1) is 12.0. The minimum absolute atomic E-state index is 0.552. The second-order valence-electron chi connectivity index (χ2n) is 4.20. The Bertz CT molecular complexity index is 739. The molecule has 0 spiro atoms. The van der Waals surface area contributed by atoms with E-state index in [0.29, 0.717) is 17.9 Å². The Morgan fingerprint density at radius 1 is 1.05 bits per heavy atom. The number of aromatic nitrogens is 5. The third-order valence-electron chi connectivity index (χ3n) is 2.89. The van der Waals surface area contributed by atoms with E-state index in [2.05, 4.69) is 26.6 Å². The van der Waals surface area contributed by atoms with Crippen molar-refractivity contribution >= 4 is 0 Å². The standard InChI is InChI=1S/C14H10N6/c15-9-11-1-3-12(4-2-11)10-20-14(17-18-19-20)13-5-7-16-8-6-13/h1-8H,10H2. The summed E-state index contributed by atoms with van der Waals surface area (Å²) >= 11 is 0. The van der Waals surface area contributed by atoms with E-state index >= 15 is 0 Å². The summed E-state index contributed by atoms with van der Waals surface area (Å²) in [6.45, 7) is 0.552. The fraction of sp³-hybridized carbons (Fsp3) is 0.0714. The zero-order valence-corrected chi connectivity index (χ0v) is 10.5. The molecule has 0 atom stereocenters. The topological polar surface area (TPSA) is 80.3 Å². The SMILES string of the molecule is N#Cc1ccc(Cn2nnnc2-c2ccncc2)cc1. The lowest BCUT2D eigenvalue weighted by Gasteiger charge is -2.04. The number of hydrogen-bond donors (Lipinski definition) is 0. The van der Waals surface area contributed by atoms with Crippen molar-refractivity contribution in [2.24, 2.45) is 0 Å². The molecule has 96 valence electrons. The van der Waals surface area contributed by atoms with E-state index in [1.165, 1.54) is 0 Å². The molecule has 6 nitrogen and oxygen atoms in total. The number of rotatable bonds is 3. The van der Waals surface area contributed by atoms with Crippen molar-refractivity contribution in [1.29, 1.82) is 5.26 Å². The smallest absolute Gasteiger partial charge is 0.182 e. The van der Waals surface area contributed by atoms with Gasteiger partial charge in [0.1, 0.15) is 0 Å². The maximum absolute atomic E-state index is 8.78. The zero-order chi connectivity index (χ0) is 13.8. The van der Waals surface area contributed by atoms with Crippen molar-refractivity contribution in [2.75, 3.05) is 0 Å². The highest BCUT2D eigenvalue weighted by Crippen LogP contribution is 2.15. The van der Waals surface area contributed by atoms with Gasteiger partial charge in [0.15, 0.2) is 5.82 Å². The lowest BCUT2D eigenvalue weighted by atomic mass is 10.1. The van der Waals surface area contributed by atoms with E-state index in [1.807, 2.05) is 24.3 Å². The van der Waals surface area contributed by atoms with Crippen LogP contribution in [0.25, 0.3) is 11.4 Å². The van der Waals surface area contributed by atoms with Gasteiger partial charge in [-0.2, -0.15) is 5.26 Å². The molecule has 2 aromatic heterocycles. The summed E-state index contributed by atoms with van der Waals surface area (Å²) in [6, 6.07) is 13.2. The number of pyridine rings is 1. The van der Waals surface area contributed by atoms with Gasteiger partial charge in [0.05, 0.1) is 18.2 Å². The molecule has 0 unspecified atom stereocenters. The summed E-state index contributed by atoms with van der Waals surface area (Å²) in [5, 5.41) is 20.5. The van der Waals surface area contributed by atoms with Crippen LogP contribution in [0.5, 0.6) is 0 Å². The van der Waals surface area contributed by atoms with Crippen molar-refractivity contribution in [3.8, 4) is 17.5 Å². The molecule has 0 fully saturated rings. The van der Waals surface area contributed by atoms with Crippen molar-refractivity contribution < 1.29 is 0 Å². The summed E-state index contributed by atoms with van der Waals surface area (Å²) in [5.41, 5.74) is 2.59. The van der Waals surface area contributed by atoms with Crippen LogP contribution in [-0.2, 0) is 6.54 Å². The first-order valence-corrected chi connectivity index (χ1v) is 6.02. The lowest BCUT2D eigenvalue weighted by molar-refractivity contribution is 0.653. The molecular weight excluding hydrogens is 252 g/mol. The van der Waals surface area contributed by atoms with Crippen molar-refractivity contribution in [2.45, 2.75) is 6.54 Å². The number of tetrazole rings is 1. The molecule has 3 rings (SSSR count). The number of benzene rings is 1. The molecule has 2 heterocycles. The highest BCUT2D eigenvalue weighted by molar-refractivity contribution is 5.53. The first-order valence-electron chi connectivity index (χ1n) is 6.02. The predicted octanol–water partition coefficient (Wildman–Crippen LogP) is 1.66. The lowest BCUT2D eigenvalue weighted by Crippen LogP contribution is -2.04. The Morgan fingerprint density at radius 2 is 1.80 bits per heavy atom. The molecule has 0 aliphatic heterocycles. The van der Waals surface area contributed by atoms with Gasteiger partial charge in [0.25, 0.3) is 0 Å².